The molecule has 0 radical (unpaired) electrons. The zero-order valence-corrected chi connectivity index (χ0v) is 19.8. The van der Waals surface area contributed by atoms with Gasteiger partial charge < -0.3 is 29.2 Å². The van der Waals surface area contributed by atoms with Gasteiger partial charge in [0.25, 0.3) is 5.91 Å². The van der Waals surface area contributed by atoms with Gasteiger partial charge in [-0.05, 0) is 25.5 Å². The smallest absolute Gasteiger partial charge is 0.289 e. The van der Waals surface area contributed by atoms with Crippen molar-refractivity contribution in [1.29, 1.82) is 0 Å². The lowest BCUT2D eigenvalue weighted by Gasteiger charge is -2.36. The van der Waals surface area contributed by atoms with E-state index >= 15 is 0 Å². The number of aliphatic imine (C=N–C) groups is 1. The highest BCUT2D eigenvalue weighted by Gasteiger charge is 2.25. The van der Waals surface area contributed by atoms with Crippen LogP contribution in [0.25, 0.3) is 0 Å². The monoisotopic (exact) mass is 521 g/mol. The maximum absolute atomic E-state index is 12.4. The minimum absolute atomic E-state index is 0. The minimum atomic E-state index is -0.101. The number of nitrogens with zero attached hydrogens (tertiary/aromatic N) is 4. The summed E-state index contributed by atoms with van der Waals surface area (Å²) in [6.07, 6.45) is 2.35. The molecule has 0 bridgehead atoms. The van der Waals surface area contributed by atoms with Crippen molar-refractivity contribution >= 4 is 41.8 Å². The van der Waals surface area contributed by atoms with E-state index in [4.69, 9.17) is 9.15 Å². The first-order valence-corrected chi connectivity index (χ1v) is 9.66. The average Bonchev–Trinajstić information content (AvgIpc) is 3.24. The van der Waals surface area contributed by atoms with Crippen LogP contribution in [0.15, 0.2) is 27.8 Å². The summed E-state index contributed by atoms with van der Waals surface area (Å²) in [6.45, 7) is 6.56. The van der Waals surface area contributed by atoms with Gasteiger partial charge in [-0.25, -0.2) is 4.99 Å². The normalized spacial score (nSPS) is 14.4. The third-order valence-electron chi connectivity index (χ3n) is 4.41. The molecular formula is C19H32IN5O4. The molecule has 2 rings (SSSR count). The van der Waals surface area contributed by atoms with Gasteiger partial charge in [0.1, 0.15) is 6.54 Å². The SMILES string of the molecule is CCOCCCNC(=NCC(=O)N(C)C)N1CCN(C(=O)c2ccco2)CC1.I. The Morgan fingerprint density at radius 1 is 1.24 bits per heavy atom. The van der Waals surface area contributed by atoms with Crippen LogP contribution in [0.1, 0.15) is 23.9 Å². The molecule has 0 saturated carbocycles. The summed E-state index contributed by atoms with van der Waals surface area (Å²) in [5.41, 5.74) is 0. The predicted molar refractivity (Wildman–Crippen MR) is 122 cm³/mol. The first-order chi connectivity index (χ1) is 13.5. The highest BCUT2D eigenvalue weighted by atomic mass is 127. The number of hydrogen-bond acceptors (Lipinski definition) is 5. The molecule has 0 atom stereocenters. The van der Waals surface area contributed by atoms with Gasteiger partial charge in [-0.15, -0.1) is 24.0 Å². The second-order valence-electron chi connectivity index (χ2n) is 6.66. The fourth-order valence-corrected chi connectivity index (χ4v) is 2.75. The topological polar surface area (TPSA) is 90.6 Å². The number of ether oxygens (including phenoxy) is 1. The molecule has 0 unspecified atom stereocenters. The molecule has 0 aromatic carbocycles. The van der Waals surface area contributed by atoms with Crippen molar-refractivity contribution < 1.29 is 18.7 Å². The van der Waals surface area contributed by atoms with Gasteiger partial charge in [0.05, 0.1) is 6.26 Å². The summed E-state index contributed by atoms with van der Waals surface area (Å²) in [5.74, 6) is 0.889. The van der Waals surface area contributed by atoms with E-state index in [0.29, 0.717) is 57.7 Å². The molecule has 1 N–H and O–H groups in total. The summed E-state index contributed by atoms with van der Waals surface area (Å²) in [7, 11) is 3.43. The van der Waals surface area contributed by atoms with Crippen LogP contribution in [0, 0.1) is 0 Å². The summed E-state index contributed by atoms with van der Waals surface area (Å²) >= 11 is 0. The summed E-state index contributed by atoms with van der Waals surface area (Å²) in [5, 5.41) is 3.32. The van der Waals surface area contributed by atoms with Crippen molar-refractivity contribution in [3.63, 3.8) is 0 Å². The number of guanidine groups is 1. The van der Waals surface area contributed by atoms with Gasteiger partial charge in [0, 0.05) is 60.0 Å². The third-order valence-corrected chi connectivity index (χ3v) is 4.41. The number of piperazine rings is 1. The van der Waals surface area contributed by atoms with Crippen molar-refractivity contribution in [2.45, 2.75) is 13.3 Å². The Bertz CT molecular complexity index is 643. The Balaban J connectivity index is 0.00000420. The zero-order chi connectivity index (χ0) is 20.4. The van der Waals surface area contributed by atoms with Crippen LogP contribution in [-0.4, -0.2) is 99.1 Å². The average molecular weight is 521 g/mol. The summed E-state index contributed by atoms with van der Waals surface area (Å²) in [6, 6.07) is 3.39. The molecule has 164 valence electrons. The van der Waals surface area contributed by atoms with E-state index in [-0.39, 0.29) is 42.3 Å². The Morgan fingerprint density at radius 2 is 1.93 bits per heavy atom. The lowest BCUT2D eigenvalue weighted by atomic mass is 10.3. The van der Waals surface area contributed by atoms with Gasteiger partial charge in [-0.2, -0.15) is 0 Å². The number of carbonyl (C=O) groups excluding carboxylic acids is 2. The molecular weight excluding hydrogens is 489 g/mol. The van der Waals surface area contributed by atoms with Gasteiger partial charge in [-0.1, -0.05) is 0 Å². The second-order valence-corrected chi connectivity index (χ2v) is 6.66. The quantitative estimate of drug-likeness (QED) is 0.239. The Morgan fingerprint density at radius 3 is 2.52 bits per heavy atom. The first kappa shape index (κ1) is 25.2. The summed E-state index contributed by atoms with van der Waals surface area (Å²) in [4.78, 5) is 34.2. The molecule has 10 heteroatoms. The minimum Gasteiger partial charge on any atom is -0.459 e. The van der Waals surface area contributed by atoms with Crippen molar-refractivity contribution in [2.24, 2.45) is 4.99 Å². The first-order valence-electron chi connectivity index (χ1n) is 9.66. The van der Waals surface area contributed by atoms with Crippen LogP contribution in [0.4, 0.5) is 0 Å². The number of furan rings is 1. The standard InChI is InChI=1S/C19H31N5O4.HI/c1-4-27-13-6-8-20-19(21-15-17(25)22(2)3)24-11-9-23(10-12-24)18(26)16-7-5-14-28-16;/h5,7,14H,4,6,8-13,15H2,1-3H3,(H,20,21);1H. The molecule has 0 spiro atoms. The lowest BCUT2D eigenvalue weighted by Crippen LogP contribution is -2.54. The van der Waals surface area contributed by atoms with Crippen LogP contribution in [0.2, 0.25) is 0 Å². The number of likely N-dealkylation sites (N-methyl/N-ethyl adjacent to an activating group) is 1. The molecule has 2 heterocycles. The lowest BCUT2D eigenvalue weighted by molar-refractivity contribution is -0.127. The molecule has 1 aliphatic rings. The van der Waals surface area contributed by atoms with Crippen LogP contribution < -0.4 is 5.32 Å². The fraction of sp³-hybridized carbons (Fsp3) is 0.632. The molecule has 9 nitrogen and oxygen atoms in total. The highest BCUT2D eigenvalue weighted by molar-refractivity contribution is 14.0. The maximum atomic E-state index is 12.4. The van der Waals surface area contributed by atoms with Crippen molar-refractivity contribution in [1.82, 2.24) is 20.0 Å². The van der Waals surface area contributed by atoms with E-state index in [2.05, 4.69) is 15.2 Å². The third kappa shape index (κ3) is 8.21. The number of hydrogen-bond donors (Lipinski definition) is 1. The number of nitrogens with one attached hydrogen (secondary N) is 1. The summed E-state index contributed by atoms with van der Waals surface area (Å²) < 4.78 is 10.6. The van der Waals surface area contributed by atoms with Gasteiger partial charge in [0.15, 0.2) is 11.7 Å². The second kappa shape index (κ2) is 13.4. The van der Waals surface area contributed by atoms with E-state index in [0.717, 1.165) is 6.42 Å². The number of amides is 2. The molecule has 1 aromatic heterocycles. The van der Waals surface area contributed by atoms with Gasteiger partial charge in [-0.3, -0.25) is 9.59 Å². The highest BCUT2D eigenvalue weighted by Crippen LogP contribution is 2.09. The molecule has 0 aliphatic carbocycles. The Hall–Kier alpha value is -1.82. The van der Waals surface area contributed by atoms with E-state index in [1.54, 1.807) is 31.1 Å². The van der Waals surface area contributed by atoms with Crippen molar-refractivity contribution in [3.05, 3.63) is 24.2 Å². The van der Waals surface area contributed by atoms with E-state index in [9.17, 15) is 9.59 Å². The molecule has 29 heavy (non-hydrogen) atoms. The van der Waals surface area contributed by atoms with Crippen LogP contribution >= 0.6 is 24.0 Å². The van der Waals surface area contributed by atoms with E-state index < -0.39 is 0 Å². The van der Waals surface area contributed by atoms with E-state index in [1.165, 1.54) is 11.2 Å². The van der Waals surface area contributed by atoms with Crippen molar-refractivity contribution in [2.75, 3.05) is 66.6 Å². The van der Waals surface area contributed by atoms with Crippen LogP contribution in [-0.2, 0) is 9.53 Å². The maximum Gasteiger partial charge on any atom is 0.289 e. The largest absolute Gasteiger partial charge is 0.459 e. The van der Waals surface area contributed by atoms with Gasteiger partial charge >= 0.3 is 0 Å². The number of halogens is 1. The number of carbonyl (C=O) groups is 2. The number of rotatable bonds is 8. The predicted octanol–water partition coefficient (Wildman–Crippen LogP) is 1.12. The van der Waals surface area contributed by atoms with Crippen molar-refractivity contribution in [3.8, 4) is 0 Å². The van der Waals surface area contributed by atoms with Crippen LogP contribution in [0.5, 0.6) is 0 Å². The Kier molecular flexibility index (Phi) is 11.7. The molecule has 1 aromatic rings. The fourth-order valence-electron chi connectivity index (χ4n) is 2.75. The van der Waals surface area contributed by atoms with Gasteiger partial charge in [0.2, 0.25) is 5.91 Å². The Labute approximate surface area is 189 Å². The zero-order valence-electron chi connectivity index (χ0n) is 17.4. The molecule has 1 aliphatic heterocycles. The van der Waals surface area contributed by atoms with E-state index in [1.807, 2.05) is 6.92 Å². The molecule has 1 fully saturated rings. The molecule has 1 saturated heterocycles. The van der Waals surface area contributed by atoms with Crippen LogP contribution in [0.3, 0.4) is 0 Å². The molecule has 2 amide bonds.